The molecule has 5 heteroatoms. The molecule has 0 atom stereocenters. The van der Waals surface area contributed by atoms with Crippen LogP contribution in [-0.2, 0) is 4.79 Å². The quantitative estimate of drug-likeness (QED) is 0.650. The van der Waals surface area contributed by atoms with Gasteiger partial charge in [0.1, 0.15) is 0 Å². The number of nitrogens with zero attached hydrogens (tertiary/aromatic N) is 1. The molecule has 0 unspecified atom stereocenters. The minimum absolute atomic E-state index is 0.0337. The van der Waals surface area contributed by atoms with E-state index in [9.17, 15) is 9.59 Å². The van der Waals surface area contributed by atoms with Gasteiger partial charge in [0.2, 0.25) is 0 Å². The van der Waals surface area contributed by atoms with Crippen molar-refractivity contribution in [1.29, 1.82) is 0 Å². The van der Waals surface area contributed by atoms with Crippen LogP contribution in [-0.4, -0.2) is 41.6 Å². The van der Waals surface area contributed by atoms with Gasteiger partial charge in [-0.25, -0.2) is 4.79 Å². The van der Waals surface area contributed by atoms with Crippen LogP contribution in [0.3, 0.4) is 0 Å². The van der Waals surface area contributed by atoms with E-state index in [0.29, 0.717) is 6.54 Å². The molecule has 21 heavy (non-hydrogen) atoms. The molecule has 0 radical (unpaired) electrons. The second-order valence-corrected chi connectivity index (χ2v) is 6.28. The summed E-state index contributed by atoms with van der Waals surface area (Å²) in [6.07, 6.45) is 7.20. The summed E-state index contributed by atoms with van der Waals surface area (Å²) in [6.45, 7) is 6.30. The topological polar surface area (TPSA) is 69.6 Å². The first kappa shape index (κ1) is 17.8. The second-order valence-electron chi connectivity index (χ2n) is 6.28. The van der Waals surface area contributed by atoms with Crippen LogP contribution in [0.25, 0.3) is 0 Å². The molecule has 1 fully saturated rings. The second kappa shape index (κ2) is 8.90. The first-order chi connectivity index (χ1) is 10.0. The van der Waals surface area contributed by atoms with Crippen LogP contribution in [0.1, 0.15) is 65.2 Å². The zero-order chi connectivity index (χ0) is 15.7. The van der Waals surface area contributed by atoms with Gasteiger partial charge in [-0.2, -0.15) is 0 Å². The number of carboxylic acids is 1. The summed E-state index contributed by atoms with van der Waals surface area (Å²) in [7, 11) is 0. The Balaban J connectivity index is 2.45. The van der Waals surface area contributed by atoms with E-state index in [0.717, 1.165) is 58.0 Å². The first-order valence-corrected chi connectivity index (χ1v) is 8.27. The number of amides is 2. The highest BCUT2D eigenvalue weighted by Crippen LogP contribution is 2.43. The number of urea groups is 1. The lowest BCUT2D eigenvalue weighted by Crippen LogP contribution is -2.48. The summed E-state index contributed by atoms with van der Waals surface area (Å²) in [5, 5.41) is 12.0. The SMILES string of the molecule is CCCCN(CCCC)C(=O)NCC1(CC(=O)O)CCC1. The van der Waals surface area contributed by atoms with Gasteiger partial charge in [0.25, 0.3) is 0 Å². The number of rotatable bonds is 10. The van der Waals surface area contributed by atoms with Gasteiger partial charge >= 0.3 is 12.0 Å². The molecule has 0 heterocycles. The highest BCUT2D eigenvalue weighted by Gasteiger charge is 2.39. The van der Waals surface area contributed by atoms with E-state index in [1.807, 2.05) is 4.90 Å². The van der Waals surface area contributed by atoms with E-state index in [4.69, 9.17) is 5.11 Å². The van der Waals surface area contributed by atoms with Gasteiger partial charge in [0.05, 0.1) is 6.42 Å². The summed E-state index contributed by atoms with van der Waals surface area (Å²) < 4.78 is 0. The fourth-order valence-corrected chi connectivity index (χ4v) is 2.80. The Morgan fingerprint density at radius 3 is 2.10 bits per heavy atom. The number of carboxylic acid groups (broad SMARTS) is 1. The van der Waals surface area contributed by atoms with Crippen molar-refractivity contribution in [3.63, 3.8) is 0 Å². The Morgan fingerprint density at radius 2 is 1.71 bits per heavy atom. The van der Waals surface area contributed by atoms with Crippen molar-refractivity contribution in [2.24, 2.45) is 5.41 Å². The van der Waals surface area contributed by atoms with Crippen LogP contribution in [0.15, 0.2) is 0 Å². The van der Waals surface area contributed by atoms with Crippen LogP contribution in [0.2, 0.25) is 0 Å². The molecular weight excluding hydrogens is 268 g/mol. The van der Waals surface area contributed by atoms with Gasteiger partial charge in [-0.15, -0.1) is 0 Å². The van der Waals surface area contributed by atoms with Gasteiger partial charge in [-0.3, -0.25) is 4.79 Å². The minimum atomic E-state index is -0.766. The molecule has 0 aromatic heterocycles. The molecule has 0 aromatic carbocycles. The van der Waals surface area contributed by atoms with E-state index in [1.54, 1.807) is 0 Å². The third kappa shape index (κ3) is 5.94. The molecule has 0 saturated heterocycles. The predicted molar refractivity (Wildman–Crippen MR) is 83.3 cm³/mol. The molecule has 1 saturated carbocycles. The molecule has 1 rings (SSSR count). The maximum Gasteiger partial charge on any atom is 0.317 e. The number of aliphatic carboxylic acids is 1. The van der Waals surface area contributed by atoms with Crippen molar-refractivity contribution in [2.45, 2.75) is 65.2 Å². The van der Waals surface area contributed by atoms with Gasteiger partial charge in [0.15, 0.2) is 0 Å². The van der Waals surface area contributed by atoms with Gasteiger partial charge in [0, 0.05) is 19.6 Å². The monoisotopic (exact) mass is 298 g/mol. The number of unbranched alkanes of at least 4 members (excludes halogenated alkanes) is 2. The van der Waals surface area contributed by atoms with Crippen LogP contribution in [0.5, 0.6) is 0 Å². The molecule has 0 spiro atoms. The number of hydrogen-bond donors (Lipinski definition) is 2. The molecule has 0 aliphatic heterocycles. The molecular formula is C16H30N2O3. The van der Waals surface area contributed by atoms with Gasteiger partial charge in [-0.1, -0.05) is 33.1 Å². The Morgan fingerprint density at radius 1 is 1.14 bits per heavy atom. The van der Waals surface area contributed by atoms with Crippen molar-refractivity contribution in [3.05, 3.63) is 0 Å². The van der Waals surface area contributed by atoms with Crippen LogP contribution >= 0.6 is 0 Å². The molecule has 0 bridgehead atoms. The molecule has 122 valence electrons. The molecule has 1 aliphatic carbocycles. The molecule has 5 nitrogen and oxygen atoms in total. The van der Waals surface area contributed by atoms with Crippen molar-refractivity contribution < 1.29 is 14.7 Å². The first-order valence-electron chi connectivity index (χ1n) is 8.27. The number of hydrogen-bond acceptors (Lipinski definition) is 2. The van der Waals surface area contributed by atoms with E-state index < -0.39 is 5.97 Å². The van der Waals surface area contributed by atoms with Crippen LogP contribution in [0, 0.1) is 5.41 Å². The van der Waals surface area contributed by atoms with Crippen LogP contribution < -0.4 is 5.32 Å². The molecule has 1 aliphatic rings. The van der Waals surface area contributed by atoms with Crippen molar-refractivity contribution >= 4 is 12.0 Å². The minimum Gasteiger partial charge on any atom is -0.481 e. The third-order valence-corrected chi connectivity index (χ3v) is 4.41. The standard InChI is InChI=1S/C16H30N2O3/c1-3-5-10-18(11-6-4-2)15(21)17-13-16(8-7-9-16)12-14(19)20/h3-13H2,1-2H3,(H,17,21)(H,19,20). The highest BCUT2D eigenvalue weighted by molar-refractivity contribution is 5.74. The van der Waals surface area contributed by atoms with E-state index in [-0.39, 0.29) is 17.9 Å². The van der Waals surface area contributed by atoms with E-state index >= 15 is 0 Å². The van der Waals surface area contributed by atoms with Crippen molar-refractivity contribution in [3.8, 4) is 0 Å². The van der Waals surface area contributed by atoms with E-state index in [1.165, 1.54) is 0 Å². The lowest BCUT2D eigenvalue weighted by Gasteiger charge is -2.41. The summed E-state index contributed by atoms with van der Waals surface area (Å²) in [5.41, 5.74) is -0.206. The van der Waals surface area contributed by atoms with Gasteiger partial charge in [-0.05, 0) is 31.1 Å². The van der Waals surface area contributed by atoms with Gasteiger partial charge < -0.3 is 15.3 Å². The smallest absolute Gasteiger partial charge is 0.317 e. The maximum atomic E-state index is 12.3. The van der Waals surface area contributed by atoms with Crippen molar-refractivity contribution in [1.82, 2.24) is 10.2 Å². The fourth-order valence-electron chi connectivity index (χ4n) is 2.80. The summed E-state index contributed by atoms with van der Waals surface area (Å²) in [4.78, 5) is 25.1. The van der Waals surface area contributed by atoms with Crippen molar-refractivity contribution in [2.75, 3.05) is 19.6 Å². The lowest BCUT2D eigenvalue weighted by molar-refractivity contribution is -0.141. The summed E-state index contributed by atoms with van der Waals surface area (Å²) in [5.74, 6) is -0.766. The average molecular weight is 298 g/mol. The zero-order valence-electron chi connectivity index (χ0n) is 13.5. The van der Waals surface area contributed by atoms with E-state index in [2.05, 4.69) is 19.2 Å². The maximum absolute atomic E-state index is 12.3. The Labute approximate surface area is 128 Å². The normalized spacial score (nSPS) is 16.1. The number of carbonyl (C=O) groups is 2. The number of nitrogens with one attached hydrogen (secondary N) is 1. The highest BCUT2D eigenvalue weighted by atomic mass is 16.4. The summed E-state index contributed by atoms with van der Waals surface area (Å²) in [6, 6.07) is -0.0337. The molecule has 0 aromatic rings. The van der Waals surface area contributed by atoms with Crippen LogP contribution in [0.4, 0.5) is 4.79 Å². The zero-order valence-corrected chi connectivity index (χ0v) is 13.5. The molecule has 2 N–H and O–H groups in total. The Hall–Kier alpha value is -1.26. The Kier molecular flexibility index (Phi) is 7.54. The molecule has 2 amide bonds. The summed E-state index contributed by atoms with van der Waals surface area (Å²) >= 11 is 0. The lowest BCUT2D eigenvalue weighted by atomic mass is 9.66. The predicted octanol–water partition coefficient (Wildman–Crippen LogP) is 3.24. The third-order valence-electron chi connectivity index (χ3n) is 4.41. The Bertz CT molecular complexity index is 332. The fraction of sp³-hybridized carbons (Fsp3) is 0.875. The number of carbonyl (C=O) groups excluding carboxylic acids is 1. The largest absolute Gasteiger partial charge is 0.481 e. The average Bonchev–Trinajstić information content (AvgIpc) is 2.41.